The van der Waals surface area contributed by atoms with E-state index in [1.165, 1.54) is 0 Å². The van der Waals surface area contributed by atoms with Gasteiger partial charge in [0.15, 0.2) is 0 Å². The quantitative estimate of drug-likeness (QED) is 0.612. The van der Waals surface area contributed by atoms with Crippen LogP contribution in [0.15, 0.2) is 6.20 Å². The highest BCUT2D eigenvalue weighted by Gasteiger charge is 2.32. The molecule has 1 unspecified atom stereocenters. The van der Waals surface area contributed by atoms with E-state index in [2.05, 4.69) is 24.0 Å². The first-order valence-electron chi connectivity index (χ1n) is 4.29. The van der Waals surface area contributed by atoms with Gasteiger partial charge in [0.25, 0.3) is 0 Å². The zero-order chi connectivity index (χ0) is 8.77. The molecule has 1 aromatic rings. The van der Waals surface area contributed by atoms with Crippen molar-refractivity contribution in [1.82, 2.24) is 10.2 Å². The van der Waals surface area contributed by atoms with E-state index in [1.54, 1.807) is 6.20 Å². The standard InChI is InChI=1S/C9H14N2O/c1-9(2)3-7-6(5-10-11-7)8(12)4-9/h5,8,12H,3-4H2,1-2H3,(H,10,11). The molecule has 0 aliphatic heterocycles. The fourth-order valence-corrected chi connectivity index (χ4v) is 1.94. The van der Waals surface area contributed by atoms with Crippen LogP contribution in [-0.2, 0) is 6.42 Å². The van der Waals surface area contributed by atoms with Gasteiger partial charge in [0.1, 0.15) is 0 Å². The van der Waals surface area contributed by atoms with Crippen molar-refractivity contribution in [2.75, 3.05) is 0 Å². The summed E-state index contributed by atoms with van der Waals surface area (Å²) >= 11 is 0. The number of aliphatic hydroxyl groups excluding tert-OH is 1. The Labute approximate surface area is 71.8 Å². The monoisotopic (exact) mass is 166 g/mol. The van der Waals surface area contributed by atoms with Crippen molar-refractivity contribution in [1.29, 1.82) is 0 Å². The molecule has 12 heavy (non-hydrogen) atoms. The molecule has 0 aromatic carbocycles. The van der Waals surface area contributed by atoms with Crippen LogP contribution in [0, 0.1) is 5.41 Å². The van der Waals surface area contributed by atoms with Gasteiger partial charge in [-0.2, -0.15) is 5.10 Å². The van der Waals surface area contributed by atoms with Gasteiger partial charge in [-0.05, 0) is 18.3 Å². The maximum absolute atomic E-state index is 9.73. The third-order valence-corrected chi connectivity index (χ3v) is 2.51. The topological polar surface area (TPSA) is 48.9 Å². The Morgan fingerprint density at radius 2 is 2.42 bits per heavy atom. The Morgan fingerprint density at radius 3 is 3.17 bits per heavy atom. The summed E-state index contributed by atoms with van der Waals surface area (Å²) < 4.78 is 0. The van der Waals surface area contributed by atoms with Gasteiger partial charge in [-0.25, -0.2) is 0 Å². The zero-order valence-electron chi connectivity index (χ0n) is 7.46. The van der Waals surface area contributed by atoms with E-state index in [-0.39, 0.29) is 11.5 Å². The van der Waals surface area contributed by atoms with Crippen molar-refractivity contribution < 1.29 is 5.11 Å². The zero-order valence-corrected chi connectivity index (χ0v) is 7.46. The van der Waals surface area contributed by atoms with Gasteiger partial charge in [-0.3, -0.25) is 5.10 Å². The molecule has 2 N–H and O–H groups in total. The summed E-state index contributed by atoms with van der Waals surface area (Å²) in [5, 5.41) is 16.6. The summed E-state index contributed by atoms with van der Waals surface area (Å²) in [5.74, 6) is 0. The number of aromatic amines is 1. The summed E-state index contributed by atoms with van der Waals surface area (Å²) in [6.07, 6.45) is 3.22. The number of aromatic nitrogens is 2. The van der Waals surface area contributed by atoms with Crippen LogP contribution >= 0.6 is 0 Å². The minimum Gasteiger partial charge on any atom is -0.388 e. The van der Waals surface area contributed by atoms with E-state index in [4.69, 9.17) is 0 Å². The third-order valence-electron chi connectivity index (χ3n) is 2.51. The van der Waals surface area contributed by atoms with Gasteiger partial charge in [-0.1, -0.05) is 13.8 Å². The Kier molecular flexibility index (Phi) is 1.51. The Bertz CT molecular complexity index is 290. The van der Waals surface area contributed by atoms with E-state index in [1.807, 2.05) is 0 Å². The highest BCUT2D eigenvalue weighted by atomic mass is 16.3. The van der Waals surface area contributed by atoms with Crippen LogP contribution in [0.2, 0.25) is 0 Å². The van der Waals surface area contributed by atoms with Crippen LogP contribution in [-0.4, -0.2) is 15.3 Å². The van der Waals surface area contributed by atoms with Crippen LogP contribution in [0.25, 0.3) is 0 Å². The second-order valence-corrected chi connectivity index (χ2v) is 4.36. The Hall–Kier alpha value is -0.830. The number of hydrogen-bond acceptors (Lipinski definition) is 2. The minimum atomic E-state index is -0.331. The normalized spacial score (nSPS) is 26.8. The lowest BCUT2D eigenvalue weighted by Crippen LogP contribution is -2.24. The fraction of sp³-hybridized carbons (Fsp3) is 0.667. The summed E-state index contributed by atoms with van der Waals surface area (Å²) in [5.41, 5.74) is 2.27. The van der Waals surface area contributed by atoms with Gasteiger partial charge >= 0.3 is 0 Å². The maximum atomic E-state index is 9.73. The van der Waals surface area contributed by atoms with Crippen molar-refractivity contribution in [3.8, 4) is 0 Å². The number of nitrogens with zero attached hydrogens (tertiary/aromatic N) is 1. The van der Waals surface area contributed by atoms with E-state index in [0.29, 0.717) is 0 Å². The van der Waals surface area contributed by atoms with Crippen molar-refractivity contribution in [3.63, 3.8) is 0 Å². The molecule has 1 aliphatic carbocycles. The minimum absolute atomic E-state index is 0.193. The predicted octanol–water partition coefficient (Wildman–Crippen LogP) is 1.42. The van der Waals surface area contributed by atoms with Gasteiger partial charge < -0.3 is 5.11 Å². The van der Waals surface area contributed by atoms with Gasteiger partial charge in [0, 0.05) is 11.3 Å². The molecule has 1 aliphatic rings. The molecule has 3 heteroatoms. The molecule has 0 saturated carbocycles. The summed E-state index contributed by atoms with van der Waals surface area (Å²) in [7, 11) is 0. The lowest BCUT2D eigenvalue weighted by molar-refractivity contribution is 0.0993. The van der Waals surface area contributed by atoms with E-state index >= 15 is 0 Å². The largest absolute Gasteiger partial charge is 0.388 e. The average Bonchev–Trinajstić information content (AvgIpc) is 2.31. The first-order chi connectivity index (χ1) is 5.58. The van der Waals surface area contributed by atoms with Crippen molar-refractivity contribution in [2.45, 2.75) is 32.8 Å². The summed E-state index contributed by atoms with van der Waals surface area (Å²) in [6, 6.07) is 0. The summed E-state index contributed by atoms with van der Waals surface area (Å²) in [6.45, 7) is 4.33. The van der Waals surface area contributed by atoms with Crippen LogP contribution in [0.5, 0.6) is 0 Å². The average molecular weight is 166 g/mol. The molecule has 3 nitrogen and oxygen atoms in total. The molecule has 1 aromatic heterocycles. The van der Waals surface area contributed by atoms with Crippen molar-refractivity contribution in [3.05, 3.63) is 17.5 Å². The van der Waals surface area contributed by atoms with Crippen molar-refractivity contribution >= 4 is 0 Å². The molecular formula is C9H14N2O. The van der Waals surface area contributed by atoms with Gasteiger partial charge in [-0.15, -0.1) is 0 Å². The predicted molar refractivity (Wildman–Crippen MR) is 45.6 cm³/mol. The smallest absolute Gasteiger partial charge is 0.0828 e. The fourth-order valence-electron chi connectivity index (χ4n) is 1.94. The first-order valence-corrected chi connectivity index (χ1v) is 4.29. The van der Waals surface area contributed by atoms with E-state index < -0.39 is 0 Å². The van der Waals surface area contributed by atoms with Crippen LogP contribution in [0.3, 0.4) is 0 Å². The summed E-state index contributed by atoms with van der Waals surface area (Å²) in [4.78, 5) is 0. The molecule has 1 atom stereocenters. The molecule has 0 fully saturated rings. The van der Waals surface area contributed by atoms with Crippen LogP contribution < -0.4 is 0 Å². The lowest BCUT2D eigenvalue weighted by Gasteiger charge is -2.31. The number of fused-ring (bicyclic) bond motifs is 1. The molecule has 0 spiro atoms. The first kappa shape index (κ1) is 7.80. The molecule has 0 bridgehead atoms. The van der Waals surface area contributed by atoms with Crippen LogP contribution in [0.1, 0.15) is 37.6 Å². The molecule has 0 saturated heterocycles. The third kappa shape index (κ3) is 1.14. The van der Waals surface area contributed by atoms with Gasteiger partial charge in [0.05, 0.1) is 12.3 Å². The molecular weight excluding hydrogens is 152 g/mol. The number of aliphatic hydroxyl groups is 1. The lowest BCUT2D eigenvalue weighted by atomic mass is 9.76. The second-order valence-electron chi connectivity index (χ2n) is 4.36. The Morgan fingerprint density at radius 1 is 1.67 bits per heavy atom. The molecule has 0 radical (unpaired) electrons. The number of rotatable bonds is 0. The number of H-pyrrole nitrogens is 1. The second kappa shape index (κ2) is 2.33. The molecule has 2 rings (SSSR count). The number of nitrogens with one attached hydrogen (secondary N) is 1. The van der Waals surface area contributed by atoms with Gasteiger partial charge in [0.2, 0.25) is 0 Å². The molecule has 66 valence electrons. The highest BCUT2D eigenvalue weighted by Crippen LogP contribution is 2.39. The van der Waals surface area contributed by atoms with Crippen molar-refractivity contribution in [2.24, 2.45) is 5.41 Å². The molecule has 0 amide bonds. The van der Waals surface area contributed by atoms with E-state index in [0.717, 1.165) is 24.1 Å². The highest BCUT2D eigenvalue weighted by molar-refractivity contribution is 5.23. The molecule has 1 heterocycles. The SMILES string of the molecule is CC1(C)Cc2[nH]ncc2C(O)C1. The number of hydrogen-bond donors (Lipinski definition) is 2. The Balaban J connectivity index is 2.38. The van der Waals surface area contributed by atoms with E-state index in [9.17, 15) is 5.11 Å². The van der Waals surface area contributed by atoms with Crippen LogP contribution in [0.4, 0.5) is 0 Å². The maximum Gasteiger partial charge on any atom is 0.0828 e.